The maximum Gasteiger partial charge on any atom is 0.319 e. The minimum atomic E-state index is -1.19. The maximum absolute atomic E-state index is 12.3. The van der Waals surface area contributed by atoms with Gasteiger partial charge < -0.3 is 15.3 Å². The molecule has 2 N–H and O–H groups in total. The Kier molecular flexibility index (Phi) is 4.30. The van der Waals surface area contributed by atoms with Crippen molar-refractivity contribution in [2.24, 2.45) is 11.3 Å². The van der Waals surface area contributed by atoms with Gasteiger partial charge in [0.25, 0.3) is 0 Å². The summed E-state index contributed by atoms with van der Waals surface area (Å²) >= 11 is 0. The van der Waals surface area contributed by atoms with Crippen LogP contribution in [0.3, 0.4) is 0 Å². The SMILES string of the molecule is CCCNC(=O)C1CCCN(C(=O)C2(C(=O)O)CC2)C1. The van der Waals surface area contributed by atoms with Crippen molar-refractivity contribution >= 4 is 17.8 Å². The van der Waals surface area contributed by atoms with Gasteiger partial charge in [-0.05, 0) is 32.1 Å². The van der Waals surface area contributed by atoms with Crippen molar-refractivity contribution in [3.8, 4) is 0 Å². The fraction of sp³-hybridized carbons (Fsp3) is 0.786. The molecule has 1 heterocycles. The lowest BCUT2D eigenvalue weighted by molar-refractivity contribution is -0.154. The number of nitrogens with one attached hydrogen (secondary N) is 1. The molecular weight excluding hydrogens is 260 g/mol. The van der Waals surface area contributed by atoms with E-state index in [0.29, 0.717) is 32.5 Å². The number of carboxylic acid groups (broad SMARTS) is 1. The number of rotatable bonds is 5. The fourth-order valence-corrected chi connectivity index (χ4v) is 2.72. The van der Waals surface area contributed by atoms with Gasteiger partial charge in [-0.15, -0.1) is 0 Å². The van der Waals surface area contributed by atoms with Crippen LogP contribution >= 0.6 is 0 Å². The molecule has 6 heteroatoms. The van der Waals surface area contributed by atoms with Gasteiger partial charge in [0.05, 0.1) is 5.92 Å². The highest BCUT2D eigenvalue weighted by molar-refractivity contribution is 6.05. The molecule has 2 fully saturated rings. The molecule has 1 unspecified atom stereocenters. The Labute approximate surface area is 118 Å². The predicted molar refractivity (Wildman–Crippen MR) is 71.9 cm³/mol. The molecule has 0 bridgehead atoms. The molecule has 20 heavy (non-hydrogen) atoms. The highest BCUT2D eigenvalue weighted by atomic mass is 16.4. The number of hydrogen-bond acceptors (Lipinski definition) is 3. The first-order valence-electron chi connectivity index (χ1n) is 7.31. The van der Waals surface area contributed by atoms with Crippen LogP contribution in [-0.4, -0.2) is 47.4 Å². The Bertz CT molecular complexity index is 417. The minimum Gasteiger partial charge on any atom is -0.480 e. The van der Waals surface area contributed by atoms with Crippen molar-refractivity contribution in [1.29, 1.82) is 0 Å². The van der Waals surface area contributed by atoms with Crippen molar-refractivity contribution in [3.63, 3.8) is 0 Å². The van der Waals surface area contributed by atoms with Crippen LogP contribution in [0.4, 0.5) is 0 Å². The normalized spacial score (nSPS) is 24.1. The second-order valence-corrected chi connectivity index (χ2v) is 5.77. The smallest absolute Gasteiger partial charge is 0.319 e. The van der Waals surface area contributed by atoms with Crippen LogP contribution in [0.1, 0.15) is 39.0 Å². The Morgan fingerprint density at radius 3 is 2.60 bits per heavy atom. The van der Waals surface area contributed by atoms with Gasteiger partial charge >= 0.3 is 5.97 Å². The Morgan fingerprint density at radius 2 is 2.05 bits per heavy atom. The van der Waals surface area contributed by atoms with Crippen LogP contribution in [0.25, 0.3) is 0 Å². The summed E-state index contributed by atoms with van der Waals surface area (Å²) in [5.74, 6) is -1.56. The Morgan fingerprint density at radius 1 is 1.35 bits per heavy atom. The lowest BCUT2D eigenvalue weighted by Gasteiger charge is -2.33. The molecule has 1 atom stereocenters. The van der Waals surface area contributed by atoms with Crippen molar-refractivity contribution in [3.05, 3.63) is 0 Å². The van der Waals surface area contributed by atoms with E-state index in [4.69, 9.17) is 5.11 Å². The van der Waals surface area contributed by atoms with Gasteiger partial charge in [-0.1, -0.05) is 6.92 Å². The number of nitrogens with zero attached hydrogens (tertiary/aromatic N) is 1. The molecule has 1 aliphatic carbocycles. The number of hydrogen-bond donors (Lipinski definition) is 2. The van der Waals surface area contributed by atoms with E-state index in [-0.39, 0.29) is 17.7 Å². The van der Waals surface area contributed by atoms with Gasteiger partial charge in [-0.2, -0.15) is 0 Å². The zero-order valence-electron chi connectivity index (χ0n) is 11.9. The fourth-order valence-electron chi connectivity index (χ4n) is 2.72. The van der Waals surface area contributed by atoms with E-state index in [1.807, 2.05) is 6.92 Å². The van der Waals surface area contributed by atoms with Crippen molar-refractivity contribution < 1.29 is 19.5 Å². The first-order valence-corrected chi connectivity index (χ1v) is 7.31. The molecule has 2 rings (SSSR count). The van der Waals surface area contributed by atoms with Gasteiger partial charge in [0.2, 0.25) is 11.8 Å². The van der Waals surface area contributed by atoms with Crippen LogP contribution in [0.15, 0.2) is 0 Å². The average molecular weight is 282 g/mol. The lowest BCUT2D eigenvalue weighted by atomic mass is 9.95. The zero-order chi connectivity index (χ0) is 14.8. The summed E-state index contributed by atoms with van der Waals surface area (Å²) in [5.41, 5.74) is -1.19. The van der Waals surface area contributed by atoms with Gasteiger partial charge in [0, 0.05) is 19.6 Å². The highest BCUT2D eigenvalue weighted by Crippen LogP contribution is 2.47. The largest absolute Gasteiger partial charge is 0.480 e. The van der Waals surface area contributed by atoms with E-state index in [0.717, 1.165) is 19.3 Å². The van der Waals surface area contributed by atoms with Crippen LogP contribution in [0, 0.1) is 11.3 Å². The summed E-state index contributed by atoms with van der Waals surface area (Å²) in [4.78, 5) is 37.0. The van der Waals surface area contributed by atoms with Crippen LogP contribution in [0.5, 0.6) is 0 Å². The quantitative estimate of drug-likeness (QED) is 0.724. The van der Waals surface area contributed by atoms with Gasteiger partial charge in [-0.3, -0.25) is 14.4 Å². The van der Waals surface area contributed by atoms with E-state index in [1.165, 1.54) is 0 Å². The molecule has 1 aliphatic heterocycles. The summed E-state index contributed by atoms with van der Waals surface area (Å²) in [5, 5.41) is 12.0. The minimum absolute atomic E-state index is 0.0236. The Balaban J connectivity index is 1.95. The maximum atomic E-state index is 12.3. The molecule has 0 aromatic rings. The predicted octanol–water partition coefficient (Wildman–Crippen LogP) is 0.616. The van der Waals surface area contributed by atoms with Crippen LogP contribution in [-0.2, 0) is 14.4 Å². The molecule has 112 valence electrons. The molecule has 2 amide bonds. The topological polar surface area (TPSA) is 86.7 Å². The molecule has 0 aromatic carbocycles. The molecule has 0 aromatic heterocycles. The summed E-state index contributed by atoms with van der Waals surface area (Å²) < 4.78 is 0. The third-order valence-electron chi connectivity index (χ3n) is 4.20. The van der Waals surface area contributed by atoms with Crippen molar-refractivity contribution in [2.75, 3.05) is 19.6 Å². The number of carbonyl (C=O) groups excluding carboxylic acids is 2. The van der Waals surface area contributed by atoms with Crippen LogP contribution < -0.4 is 5.32 Å². The average Bonchev–Trinajstić information content (AvgIpc) is 3.25. The first kappa shape index (κ1) is 14.8. The number of amides is 2. The molecule has 2 aliphatic rings. The highest BCUT2D eigenvalue weighted by Gasteiger charge is 2.58. The van der Waals surface area contributed by atoms with Crippen molar-refractivity contribution in [1.82, 2.24) is 10.2 Å². The molecule has 6 nitrogen and oxygen atoms in total. The van der Waals surface area contributed by atoms with E-state index in [1.54, 1.807) is 4.90 Å². The second-order valence-electron chi connectivity index (χ2n) is 5.77. The monoisotopic (exact) mass is 282 g/mol. The number of likely N-dealkylation sites (tertiary alicyclic amines) is 1. The van der Waals surface area contributed by atoms with E-state index in [2.05, 4.69) is 5.32 Å². The number of carbonyl (C=O) groups is 3. The Hall–Kier alpha value is -1.59. The van der Waals surface area contributed by atoms with Gasteiger partial charge in [0.15, 0.2) is 0 Å². The third-order valence-corrected chi connectivity index (χ3v) is 4.20. The molecule has 0 spiro atoms. The van der Waals surface area contributed by atoms with E-state index in [9.17, 15) is 14.4 Å². The first-order chi connectivity index (χ1) is 9.51. The molecule has 0 radical (unpaired) electrons. The number of piperidine rings is 1. The lowest BCUT2D eigenvalue weighted by Crippen LogP contribution is -2.49. The zero-order valence-corrected chi connectivity index (χ0v) is 11.9. The van der Waals surface area contributed by atoms with Crippen LogP contribution in [0.2, 0.25) is 0 Å². The standard InChI is InChI=1S/C14H22N2O4/c1-2-7-15-11(17)10-4-3-8-16(9-10)12(18)14(5-6-14)13(19)20/h10H,2-9H2,1H3,(H,15,17)(H,19,20). The summed E-state index contributed by atoms with van der Waals surface area (Å²) in [6.07, 6.45) is 3.24. The summed E-state index contributed by atoms with van der Waals surface area (Å²) in [7, 11) is 0. The number of aliphatic carboxylic acids is 1. The number of carboxylic acids is 1. The third kappa shape index (κ3) is 2.78. The van der Waals surface area contributed by atoms with Gasteiger partial charge in [-0.25, -0.2) is 0 Å². The summed E-state index contributed by atoms with van der Waals surface area (Å²) in [6, 6.07) is 0. The van der Waals surface area contributed by atoms with Crippen molar-refractivity contribution in [2.45, 2.75) is 39.0 Å². The molecular formula is C14H22N2O4. The van der Waals surface area contributed by atoms with Gasteiger partial charge in [0.1, 0.15) is 5.41 Å². The molecule has 1 saturated heterocycles. The second kappa shape index (κ2) is 5.81. The van der Waals surface area contributed by atoms with E-state index >= 15 is 0 Å². The molecule has 1 saturated carbocycles. The van der Waals surface area contributed by atoms with E-state index < -0.39 is 11.4 Å². The summed E-state index contributed by atoms with van der Waals surface area (Å²) in [6.45, 7) is 3.54.